The van der Waals surface area contributed by atoms with Crippen LogP contribution in [0.15, 0.2) is 18.2 Å². The van der Waals surface area contributed by atoms with Gasteiger partial charge in [0.25, 0.3) is 0 Å². The standard InChI is InChI=1S/C11H17NO/c1-8(2)10-4-9(7-12)5-11(6-10)13-3/h4-6,8H,7,12H2,1-3H3. The van der Waals surface area contributed by atoms with Crippen LogP contribution in [-0.4, -0.2) is 7.11 Å². The van der Waals surface area contributed by atoms with Gasteiger partial charge in [0.15, 0.2) is 0 Å². The molecule has 0 atom stereocenters. The van der Waals surface area contributed by atoms with Gasteiger partial charge in [-0.3, -0.25) is 0 Å². The maximum absolute atomic E-state index is 5.59. The van der Waals surface area contributed by atoms with Gasteiger partial charge in [0.05, 0.1) is 7.11 Å². The zero-order valence-corrected chi connectivity index (χ0v) is 8.50. The maximum Gasteiger partial charge on any atom is 0.119 e. The minimum absolute atomic E-state index is 0.514. The fourth-order valence-electron chi connectivity index (χ4n) is 1.26. The summed E-state index contributed by atoms with van der Waals surface area (Å²) < 4.78 is 5.19. The van der Waals surface area contributed by atoms with E-state index in [1.54, 1.807) is 7.11 Å². The summed E-state index contributed by atoms with van der Waals surface area (Å²) >= 11 is 0. The van der Waals surface area contributed by atoms with Gasteiger partial charge in [-0.15, -0.1) is 0 Å². The topological polar surface area (TPSA) is 35.2 Å². The Labute approximate surface area is 79.7 Å². The van der Waals surface area contributed by atoms with Crippen molar-refractivity contribution in [3.63, 3.8) is 0 Å². The Hall–Kier alpha value is -1.02. The highest BCUT2D eigenvalue weighted by molar-refractivity contribution is 5.35. The first kappa shape index (κ1) is 10.1. The van der Waals surface area contributed by atoms with Gasteiger partial charge in [-0.25, -0.2) is 0 Å². The van der Waals surface area contributed by atoms with Gasteiger partial charge in [-0.2, -0.15) is 0 Å². The van der Waals surface area contributed by atoms with E-state index in [4.69, 9.17) is 10.5 Å². The number of benzene rings is 1. The van der Waals surface area contributed by atoms with E-state index in [1.165, 1.54) is 5.56 Å². The van der Waals surface area contributed by atoms with Crippen LogP contribution >= 0.6 is 0 Å². The summed E-state index contributed by atoms with van der Waals surface area (Å²) in [4.78, 5) is 0. The molecule has 72 valence electrons. The summed E-state index contributed by atoms with van der Waals surface area (Å²) in [5, 5.41) is 0. The maximum atomic E-state index is 5.59. The van der Waals surface area contributed by atoms with Gasteiger partial charge in [0.2, 0.25) is 0 Å². The van der Waals surface area contributed by atoms with Crippen LogP contribution in [0.4, 0.5) is 0 Å². The summed E-state index contributed by atoms with van der Waals surface area (Å²) in [5.41, 5.74) is 7.99. The van der Waals surface area contributed by atoms with Gasteiger partial charge >= 0.3 is 0 Å². The summed E-state index contributed by atoms with van der Waals surface area (Å²) in [6, 6.07) is 6.17. The summed E-state index contributed by atoms with van der Waals surface area (Å²) in [7, 11) is 1.68. The van der Waals surface area contributed by atoms with Crippen LogP contribution in [0.1, 0.15) is 30.9 Å². The monoisotopic (exact) mass is 179 g/mol. The number of rotatable bonds is 3. The molecule has 1 rings (SSSR count). The van der Waals surface area contributed by atoms with E-state index in [0.29, 0.717) is 12.5 Å². The predicted octanol–water partition coefficient (Wildman–Crippen LogP) is 2.28. The predicted molar refractivity (Wildman–Crippen MR) is 55.0 cm³/mol. The summed E-state index contributed by atoms with van der Waals surface area (Å²) in [6.07, 6.45) is 0. The van der Waals surface area contributed by atoms with E-state index in [0.717, 1.165) is 11.3 Å². The fraction of sp³-hybridized carbons (Fsp3) is 0.455. The van der Waals surface area contributed by atoms with Crippen LogP contribution in [0.25, 0.3) is 0 Å². The molecule has 0 aliphatic rings. The van der Waals surface area contributed by atoms with E-state index in [2.05, 4.69) is 26.0 Å². The number of methoxy groups -OCH3 is 1. The lowest BCUT2D eigenvalue weighted by Gasteiger charge is -2.10. The average Bonchev–Trinajstić information content (AvgIpc) is 2.16. The number of ether oxygens (including phenoxy) is 1. The molecule has 0 aliphatic heterocycles. The second-order valence-electron chi connectivity index (χ2n) is 3.47. The van der Waals surface area contributed by atoms with Gasteiger partial charge in [0.1, 0.15) is 5.75 Å². The molecule has 0 aliphatic carbocycles. The molecule has 0 unspecified atom stereocenters. The second kappa shape index (κ2) is 4.28. The van der Waals surface area contributed by atoms with Gasteiger partial charge < -0.3 is 10.5 Å². The van der Waals surface area contributed by atoms with Gasteiger partial charge in [-0.1, -0.05) is 19.9 Å². The highest BCUT2D eigenvalue weighted by Gasteiger charge is 2.03. The number of nitrogens with two attached hydrogens (primary N) is 1. The van der Waals surface area contributed by atoms with Crippen molar-refractivity contribution < 1.29 is 4.74 Å². The molecular weight excluding hydrogens is 162 g/mol. The van der Waals surface area contributed by atoms with E-state index in [9.17, 15) is 0 Å². The Kier molecular flexibility index (Phi) is 3.32. The third-order valence-corrected chi connectivity index (χ3v) is 2.13. The zero-order chi connectivity index (χ0) is 9.84. The molecule has 0 aromatic heterocycles. The summed E-state index contributed by atoms with van der Waals surface area (Å²) in [6.45, 7) is 4.89. The summed E-state index contributed by atoms with van der Waals surface area (Å²) in [5.74, 6) is 1.41. The molecular formula is C11H17NO. The largest absolute Gasteiger partial charge is 0.497 e. The van der Waals surface area contributed by atoms with E-state index >= 15 is 0 Å². The SMILES string of the molecule is COc1cc(CN)cc(C(C)C)c1. The molecule has 2 nitrogen and oxygen atoms in total. The number of hydrogen-bond donors (Lipinski definition) is 1. The van der Waals surface area contributed by atoms with Crippen molar-refractivity contribution in [2.75, 3.05) is 7.11 Å². The molecule has 0 spiro atoms. The molecule has 1 aromatic rings. The van der Waals surface area contributed by atoms with Crippen LogP contribution in [0, 0.1) is 0 Å². The van der Waals surface area contributed by atoms with Crippen molar-refractivity contribution >= 4 is 0 Å². The molecule has 0 saturated carbocycles. The molecule has 0 fully saturated rings. The highest BCUT2D eigenvalue weighted by atomic mass is 16.5. The Morgan fingerprint density at radius 2 is 2.00 bits per heavy atom. The van der Waals surface area contributed by atoms with Crippen molar-refractivity contribution in [1.29, 1.82) is 0 Å². The quantitative estimate of drug-likeness (QED) is 0.772. The smallest absolute Gasteiger partial charge is 0.119 e. The second-order valence-corrected chi connectivity index (χ2v) is 3.47. The minimum atomic E-state index is 0.514. The van der Waals surface area contributed by atoms with Crippen molar-refractivity contribution in [2.24, 2.45) is 5.73 Å². The third kappa shape index (κ3) is 2.46. The molecule has 1 aromatic carbocycles. The molecule has 0 amide bonds. The minimum Gasteiger partial charge on any atom is -0.497 e. The van der Waals surface area contributed by atoms with Crippen LogP contribution in [-0.2, 0) is 6.54 Å². The van der Waals surface area contributed by atoms with Crippen molar-refractivity contribution in [1.82, 2.24) is 0 Å². The zero-order valence-electron chi connectivity index (χ0n) is 8.50. The first-order valence-electron chi connectivity index (χ1n) is 4.55. The lowest BCUT2D eigenvalue weighted by molar-refractivity contribution is 0.413. The van der Waals surface area contributed by atoms with Crippen molar-refractivity contribution in [3.8, 4) is 5.75 Å². The first-order chi connectivity index (χ1) is 6.17. The van der Waals surface area contributed by atoms with Crippen molar-refractivity contribution in [3.05, 3.63) is 29.3 Å². The molecule has 0 bridgehead atoms. The lowest BCUT2D eigenvalue weighted by Crippen LogP contribution is -1.99. The molecule has 2 heteroatoms. The first-order valence-corrected chi connectivity index (χ1v) is 4.55. The molecule has 0 radical (unpaired) electrons. The normalized spacial score (nSPS) is 10.5. The Morgan fingerprint density at radius 1 is 1.31 bits per heavy atom. The molecule has 13 heavy (non-hydrogen) atoms. The Bertz CT molecular complexity index is 259. The highest BCUT2D eigenvalue weighted by Crippen LogP contribution is 2.22. The molecule has 0 heterocycles. The Morgan fingerprint density at radius 3 is 2.46 bits per heavy atom. The van der Waals surface area contributed by atoms with E-state index < -0.39 is 0 Å². The van der Waals surface area contributed by atoms with Gasteiger partial charge in [-0.05, 0) is 29.2 Å². The lowest BCUT2D eigenvalue weighted by atomic mass is 10.0. The van der Waals surface area contributed by atoms with Crippen LogP contribution in [0.3, 0.4) is 0 Å². The van der Waals surface area contributed by atoms with E-state index in [1.807, 2.05) is 6.07 Å². The van der Waals surface area contributed by atoms with Crippen LogP contribution in [0.2, 0.25) is 0 Å². The number of hydrogen-bond acceptors (Lipinski definition) is 2. The fourth-order valence-corrected chi connectivity index (χ4v) is 1.26. The van der Waals surface area contributed by atoms with Crippen molar-refractivity contribution in [2.45, 2.75) is 26.3 Å². The van der Waals surface area contributed by atoms with Crippen LogP contribution in [0.5, 0.6) is 5.75 Å². The Balaban J connectivity index is 3.07. The van der Waals surface area contributed by atoms with E-state index in [-0.39, 0.29) is 0 Å². The van der Waals surface area contributed by atoms with Gasteiger partial charge in [0, 0.05) is 6.54 Å². The average molecular weight is 179 g/mol. The third-order valence-electron chi connectivity index (χ3n) is 2.13. The molecule has 0 saturated heterocycles. The van der Waals surface area contributed by atoms with Crippen LogP contribution < -0.4 is 10.5 Å². The molecule has 2 N–H and O–H groups in total.